The van der Waals surface area contributed by atoms with Gasteiger partial charge in [0, 0.05) is 26.1 Å². The van der Waals surface area contributed by atoms with E-state index in [1.165, 1.54) is 4.90 Å². The van der Waals surface area contributed by atoms with Crippen molar-refractivity contribution in [2.24, 2.45) is 0 Å². The molecule has 1 fully saturated rings. The summed E-state index contributed by atoms with van der Waals surface area (Å²) in [5, 5.41) is 0. The molecular formula is C15H16N2O6. The van der Waals surface area contributed by atoms with Crippen molar-refractivity contribution in [3.05, 3.63) is 18.2 Å². The number of rotatable bonds is 5. The number of urea groups is 1. The Kier molecular flexibility index (Phi) is 4.05. The van der Waals surface area contributed by atoms with Crippen LogP contribution in [0.25, 0.3) is 0 Å². The van der Waals surface area contributed by atoms with Gasteiger partial charge in [-0.1, -0.05) is 0 Å². The molecule has 3 amide bonds. The maximum absolute atomic E-state index is 11.8. The van der Waals surface area contributed by atoms with Crippen LogP contribution in [0.4, 0.5) is 4.79 Å². The highest BCUT2D eigenvalue weighted by Crippen LogP contribution is 2.35. The number of carbonyl (C=O) groups excluding carboxylic acids is 3. The molecule has 2 aliphatic rings. The van der Waals surface area contributed by atoms with Gasteiger partial charge in [0.25, 0.3) is 0 Å². The van der Waals surface area contributed by atoms with Gasteiger partial charge in [-0.15, -0.1) is 0 Å². The monoisotopic (exact) mass is 320 g/mol. The van der Waals surface area contributed by atoms with E-state index in [0.717, 1.165) is 4.90 Å². The fourth-order valence-corrected chi connectivity index (χ4v) is 2.39. The van der Waals surface area contributed by atoms with Crippen molar-refractivity contribution in [2.75, 3.05) is 26.9 Å². The minimum atomic E-state index is -0.434. The van der Waals surface area contributed by atoms with Gasteiger partial charge in [-0.2, -0.15) is 0 Å². The van der Waals surface area contributed by atoms with Crippen LogP contribution in [0.3, 0.4) is 0 Å². The van der Waals surface area contributed by atoms with Crippen LogP contribution in [0, 0.1) is 0 Å². The van der Waals surface area contributed by atoms with Gasteiger partial charge in [0.2, 0.25) is 12.7 Å². The largest absolute Gasteiger partial charge is 0.454 e. The second-order valence-electron chi connectivity index (χ2n) is 5.28. The number of benzene rings is 1. The number of esters is 1. The maximum Gasteiger partial charge on any atom is 0.326 e. The third-order valence-corrected chi connectivity index (χ3v) is 3.57. The van der Waals surface area contributed by atoms with Crippen molar-refractivity contribution in [3.8, 4) is 17.2 Å². The molecule has 0 aliphatic carbocycles. The number of ether oxygens (including phenoxy) is 3. The molecular weight excluding hydrogens is 304 g/mol. The van der Waals surface area contributed by atoms with Crippen molar-refractivity contribution >= 4 is 17.9 Å². The average Bonchev–Trinajstić information content (AvgIpc) is 3.06. The van der Waals surface area contributed by atoms with E-state index in [1.54, 1.807) is 25.2 Å². The summed E-state index contributed by atoms with van der Waals surface area (Å²) in [7, 11) is 1.56. The molecule has 0 saturated carbocycles. The molecule has 3 rings (SSSR count). The Hall–Kier alpha value is -2.77. The molecule has 8 heteroatoms. The molecule has 0 aromatic heterocycles. The molecule has 1 saturated heterocycles. The second-order valence-corrected chi connectivity index (χ2v) is 5.28. The Morgan fingerprint density at radius 3 is 2.78 bits per heavy atom. The van der Waals surface area contributed by atoms with E-state index in [4.69, 9.17) is 14.2 Å². The summed E-state index contributed by atoms with van der Waals surface area (Å²) in [6.07, 6.45) is 0.462. The maximum atomic E-state index is 11.8. The Bertz CT molecular complexity index is 659. The summed E-state index contributed by atoms with van der Waals surface area (Å²) in [6, 6.07) is 4.54. The van der Waals surface area contributed by atoms with E-state index in [0.29, 0.717) is 23.7 Å². The topological polar surface area (TPSA) is 85.4 Å². The van der Waals surface area contributed by atoms with Gasteiger partial charge in [-0.25, -0.2) is 4.79 Å². The normalized spacial score (nSPS) is 16.2. The fourth-order valence-electron chi connectivity index (χ4n) is 2.39. The van der Waals surface area contributed by atoms with E-state index in [2.05, 4.69) is 0 Å². The molecule has 0 spiro atoms. The minimum Gasteiger partial charge on any atom is -0.454 e. The van der Waals surface area contributed by atoms with E-state index < -0.39 is 5.97 Å². The molecule has 8 nitrogen and oxygen atoms in total. The van der Waals surface area contributed by atoms with Crippen LogP contribution in [0.1, 0.15) is 12.8 Å². The van der Waals surface area contributed by atoms with E-state index in [-0.39, 0.29) is 38.2 Å². The third kappa shape index (κ3) is 3.20. The van der Waals surface area contributed by atoms with Crippen LogP contribution in [0.2, 0.25) is 0 Å². The Labute approximate surface area is 132 Å². The number of fused-ring (bicyclic) bond motifs is 1. The first-order valence-electron chi connectivity index (χ1n) is 7.20. The van der Waals surface area contributed by atoms with Gasteiger partial charge in [0.1, 0.15) is 12.3 Å². The molecule has 122 valence electrons. The van der Waals surface area contributed by atoms with Crippen molar-refractivity contribution < 1.29 is 28.6 Å². The Morgan fingerprint density at radius 1 is 1.26 bits per heavy atom. The van der Waals surface area contributed by atoms with Crippen LogP contribution in [-0.4, -0.2) is 54.6 Å². The second kappa shape index (κ2) is 6.15. The van der Waals surface area contributed by atoms with Gasteiger partial charge >= 0.3 is 12.0 Å². The predicted octanol–water partition coefficient (Wildman–Crippen LogP) is 0.995. The lowest BCUT2D eigenvalue weighted by molar-refractivity contribution is -0.135. The smallest absolute Gasteiger partial charge is 0.326 e. The molecule has 0 unspecified atom stereocenters. The highest BCUT2D eigenvalue weighted by molar-refractivity contribution is 6.01. The van der Waals surface area contributed by atoms with Crippen LogP contribution in [-0.2, 0) is 9.59 Å². The van der Waals surface area contributed by atoms with E-state index in [9.17, 15) is 14.4 Å². The molecule has 1 aromatic rings. The standard InChI is InChI=1S/C15H16N2O6/c1-16-8-13(18)17(15(16)20)6-2-3-14(19)23-10-4-5-11-12(7-10)22-9-21-11/h4-5,7H,2-3,6,8-9H2,1H3. The first-order valence-corrected chi connectivity index (χ1v) is 7.20. The lowest BCUT2D eigenvalue weighted by Crippen LogP contribution is -2.32. The summed E-state index contributed by atoms with van der Waals surface area (Å²) < 4.78 is 15.6. The van der Waals surface area contributed by atoms with Crippen molar-refractivity contribution in [1.29, 1.82) is 0 Å². The van der Waals surface area contributed by atoms with Gasteiger partial charge in [0.05, 0.1) is 0 Å². The first kappa shape index (κ1) is 15.1. The number of imide groups is 1. The molecule has 0 atom stereocenters. The molecule has 0 bridgehead atoms. The van der Waals surface area contributed by atoms with E-state index >= 15 is 0 Å². The fraction of sp³-hybridized carbons (Fsp3) is 0.400. The lowest BCUT2D eigenvalue weighted by Gasteiger charge is -2.13. The molecule has 0 N–H and O–H groups in total. The van der Waals surface area contributed by atoms with Crippen molar-refractivity contribution in [2.45, 2.75) is 12.8 Å². The first-order chi connectivity index (χ1) is 11.0. The number of carbonyl (C=O) groups is 3. The van der Waals surface area contributed by atoms with Gasteiger partial charge in [0.15, 0.2) is 11.5 Å². The number of hydrogen-bond acceptors (Lipinski definition) is 6. The highest BCUT2D eigenvalue weighted by atomic mass is 16.7. The van der Waals surface area contributed by atoms with Crippen LogP contribution >= 0.6 is 0 Å². The third-order valence-electron chi connectivity index (χ3n) is 3.57. The number of amides is 3. The summed E-state index contributed by atoms with van der Waals surface area (Å²) in [5.41, 5.74) is 0. The Balaban J connectivity index is 1.47. The van der Waals surface area contributed by atoms with Crippen molar-refractivity contribution in [3.63, 3.8) is 0 Å². The van der Waals surface area contributed by atoms with Gasteiger partial charge < -0.3 is 19.1 Å². The summed E-state index contributed by atoms with van der Waals surface area (Å²) >= 11 is 0. The molecule has 2 heterocycles. The van der Waals surface area contributed by atoms with Crippen molar-refractivity contribution in [1.82, 2.24) is 9.80 Å². The zero-order valence-corrected chi connectivity index (χ0v) is 12.6. The number of nitrogens with zero attached hydrogens (tertiary/aromatic N) is 2. The molecule has 2 aliphatic heterocycles. The molecule has 1 aromatic carbocycles. The Morgan fingerprint density at radius 2 is 2.04 bits per heavy atom. The van der Waals surface area contributed by atoms with Crippen LogP contribution < -0.4 is 14.2 Å². The van der Waals surface area contributed by atoms with Crippen LogP contribution in [0.15, 0.2) is 18.2 Å². The lowest BCUT2D eigenvalue weighted by atomic mass is 10.3. The van der Waals surface area contributed by atoms with E-state index in [1.807, 2.05) is 0 Å². The zero-order valence-electron chi connectivity index (χ0n) is 12.6. The molecule has 0 radical (unpaired) electrons. The average molecular weight is 320 g/mol. The van der Waals surface area contributed by atoms with Gasteiger partial charge in [-0.3, -0.25) is 14.5 Å². The number of hydrogen-bond donors (Lipinski definition) is 0. The SMILES string of the molecule is CN1CC(=O)N(CCCC(=O)Oc2ccc3c(c2)OCO3)C1=O. The summed E-state index contributed by atoms with van der Waals surface area (Å²) in [5.74, 6) is 0.830. The molecule has 23 heavy (non-hydrogen) atoms. The predicted molar refractivity (Wildman–Crippen MR) is 77.2 cm³/mol. The highest BCUT2D eigenvalue weighted by Gasteiger charge is 2.32. The summed E-state index contributed by atoms with van der Waals surface area (Å²) in [4.78, 5) is 37.6. The van der Waals surface area contributed by atoms with Crippen LogP contribution in [0.5, 0.6) is 17.2 Å². The van der Waals surface area contributed by atoms with Gasteiger partial charge in [-0.05, 0) is 18.6 Å². The quantitative estimate of drug-likeness (QED) is 0.457. The zero-order chi connectivity index (χ0) is 16.4. The minimum absolute atomic E-state index is 0.0838. The number of likely N-dealkylation sites (N-methyl/N-ethyl adjacent to an activating group) is 1. The summed E-state index contributed by atoms with van der Waals surface area (Å²) in [6.45, 7) is 0.442.